The standard InChI is InChI=1S/C8H14O4S/c1-3-6(9)11-5-8(13)12-7(10)4-2/h8,13H,3-5H2,1-2H3. The molecule has 0 bridgehead atoms. The molecule has 4 nitrogen and oxygen atoms in total. The molecule has 0 rings (SSSR count). The van der Waals surface area contributed by atoms with Crippen LogP contribution in [-0.4, -0.2) is 24.0 Å². The van der Waals surface area contributed by atoms with Crippen LogP contribution in [0.5, 0.6) is 0 Å². The van der Waals surface area contributed by atoms with Gasteiger partial charge in [-0.05, 0) is 0 Å². The number of esters is 2. The first-order chi connectivity index (χ1) is 6.10. The van der Waals surface area contributed by atoms with Crippen LogP contribution in [0, 0.1) is 0 Å². The summed E-state index contributed by atoms with van der Waals surface area (Å²) in [4.78, 5) is 21.4. The maximum absolute atomic E-state index is 10.7. The Morgan fingerprint density at radius 2 is 1.77 bits per heavy atom. The molecule has 0 aromatic rings. The molecule has 0 N–H and O–H groups in total. The lowest BCUT2D eigenvalue weighted by atomic mass is 10.5. The smallest absolute Gasteiger partial charge is 0.306 e. The molecule has 0 saturated carbocycles. The van der Waals surface area contributed by atoms with Crippen molar-refractivity contribution < 1.29 is 19.1 Å². The van der Waals surface area contributed by atoms with Gasteiger partial charge in [-0.2, -0.15) is 0 Å². The van der Waals surface area contributed by atoms with E-state index in [1.54, 1.807) is 13.8 Å². The zero-order valence-electron chi connectivity index (χ0n) is 7.78. The van der Waals surface area contributed by atoms with Crippen molar-refractivity contribution in [1.29, 1.82) is 0 Å². The van der Waals surface area contributed by atoms with Gasteiger partial charge in [0.05, 0.1) is 0 Å². The summed E-state index contributed by atoms with van der Waals surface area (Å²) >= 11 is 3.92. The number of hydrogen-bond acceptors (Lipinski definition) is 5. The molecular formula is C8H14O4S. The maximum atomic E-state index is 10.7. The van der Waals surface area contributed by atoms with Crippen molar-refractivity contribution in [3.05, 3.63) is 0 Å². The lowest BCUT2D eigenvalue weighted by molar-refractivity contribution is -0.153. The third-order valence-corrected chi connectivity index (χ3v) is 1.49. The van der Waals surface area contributed by atoms with Crippen LogP contribution in [0.4, 0.5) is 0 Å². The minimum Gasteiger partial charge on any atom is -0.461 e. The van der Waals surface area contributed by atoms with Crippen LogP contribution in [0.1, 0.15) is 26.7 Å². The molecule has 13 heavy (non-hydrogen) atoms. The van der Waals surface area contributed by atoms with Crippen molar-refractivity contribution >= 4 is 24.6 Å². The molecule has 0 heterocycles. The first-order valence-electron chi connectivity index (χ1n) is 4.13. The highest BCUT2D eigenvalue weighted by Crippen LogP contribution is 2.01. The van der Waals surface area contributed by atoms with Crippen molar-refractivity contribution in [1.82, 2.24) is 0 Å². The van der Waals surface area contributed by atoms with Crippen LogP contribution >= 0.6 is 12.6 Å². The lowest BCUT2D eigenvalue weighted by Gasteiger charge is -2.11. The van der Waals surface area contributed by atoms with Gasteiger partial charge in [0.15, 0.2) is 5.44 Å². The lowest BCUT2D eigenvalue weighted by Crippen LogP contribution is -2.19. The molecule has 1 unspecified atom stereocenters. The normalized spacial score (nSPS) is 11.9. The molecule has 0 fully saturated rings. The molecule has 0 aliphatic carbocycles. The van der Waals surface area contributed by atoms with Crippen molar-refractivity contribution in [3.63, 3.8) is 0 Å². The monoisotopic (exact) mass is 206 g/mol. The third kappa shape index (κ3) is 6.45. The zero-order chi connectivity index (χ0) is 10.3. The van der Waals surface area contributed by atoms with Gasteiger partial charge in [-0.25, -0.2) is 0 Å². The number of hydrogen-bond donors (Lipinski definition) is 1. The SMILES string of the molecule is CCC(=O)OCC(S)OC(=O)CC. The second kappa shape index (κ2) is 6.77. The Balaban J connectivity index is 3.56. The third-order valence-electron chi connectivity index (χ3n) is 1.23. The van der Waals surface area contributed by atoms with E-state index >= 15 is 0 Å². The van der Waals surface area contributed by atoms with E-state index in [0.29, 0.717) is 12.8 Å². The average molecular weight is 206 g/mol. The molecule has 76 valence electrons. The summed E-state index contributed by atoms with van der Waals surface area (Å²) in [6, 6.07) is 0. The predicted molar refractivity (Wildman–Crippen MR) is 50.4 cm³/mol. The van der Waals surface area contributed by atoms with E-state index in [-0.39, 0.29) is 18.5 Å². The first kappa shape index (κ1) is 12.3. The fourth-order valence-electron chi connectivity index (χ4n) is 0.535. The summed E-state index contributed by atoms with van der Waals surface area (Å²) in [5, 5.41) is 0. The van der Waals surface area contributed by atoms with Crippen molar-refractivity contribution in [2.75, 3.05) is 6.61 Å². The summed E-state index contributed by atoms with van der Waals surface area (Å²) in [5.41, 5.74) is -0.664. The highest BCUT2D eigenvalue weighted by atomic mass is 32.1. The molecule has 0 aliphatic rings. The Kier molecular flexibility index (Phi) is 6.40. The van der Waals surface area contributed by atoms with E-state index in [1.807, 2.05) is 0 Å². The number of carbonyl (C=O) groups excluding carboxylic acids is 2. The molecule has 0 aromatic carbocycles. The van der Waals surface area contributed by atoms with Crippen LogP contribution in [0.3, 0.4) is 0 Å². The highest BCUT2D eigenvalue weighted by Gasteiger charge is 2.10. The summed E-state index contributed by atoms with van der Waals surface area (Å²) in [6.45, 7) is 3.37. The van der Waals surface area contributed by atoms with Gasteiger partial charge >= 0.3 is 11.9 Å². The van der Waals surface area contributed by atoms with E-state index in [4.69, 9.17) is 9.47 Å². The highest BCUT2D eigenvalue weighted by molar-refractivity contribution is 7.80. The Labute approximate surface area is 83.0 Å². The van der Waals surface area contributed by atoms with E-state index in [9.17, 15) is 9.59 Å². The zero-order valence-corrected chi connectivity index (χ0v) is 8.67. The minimum atomic E-state index is -0.664. The van der Waals surface area contributed by atoms with E-state index in [2.05, 4.69) is 12.6 Å². The molecule has 0 amide bonds. The Hall–Kier alpha value is -0.710. The second-order valence-corrected chi connectivity index (χ2v) is 2.91. The number of thiol groups is 1. The fourth-order valence-corrected chi connectivity index (χ4v) is 0.727. The van der Waals surface area contributed by atoms with E-state index in [0.717, 1.165) is 0 Å². The molecule has 1 atom stereocenters. The van der Waals surface area contributed by atoms with Gasteiger partial charge in [-0.3, -0.25) is 9.59 Å². The van der Waals surface area contributed by atoms with Gasteiger partial charge in [-0.1, -0.05) is 13.8 Å². The summed E-state index contributed by atoms with van der Waals surface area (Å²) in [6.07, 6.45) is 0.598. The van der Waals surface area contributed by atoms with Crippen molar-refractivity contribution in [2.24, 2.45) is 0 Å². The average Bonchev–Trinajstić information content (AvgIpc) is 2.13. The molecular weight excluding hydrogens is 192 g/mol. The van der Waals surface area contributed by atoms with E-state index in [1.165, 1.54) is 0 Å². The second-order valence-electron chi connectivity index (χ2n) is 2.33. The topological polar surface area (TPSA) is 52.6 Å². The van der Waals surface area contributed by atoms with Crippen LogP contribution in [0.2, 0.25) is 0 Å². The number of rotatable bonds is 5. The molecule has 0 spiro atoms. The maximum Gasteiger partial charge on any atom is 0.306 e. The number of carbonyl (C=O) groups is 2. The molecule has 0 radical (unpaired) electrons. The molecule has 5 heteroatoms. The quantitative estimate of drug-likeness (QED) is 0.416. The Bertz CT molecular complexity index is 181. The first-order valence-corrected chi connectivity index (χ1v) is 4.65. The van der Waals surface area contributed by atoms with Crippen molar-refractivity contribution in [2.45, 2.75) is 32.1 Å². The van der Waals surface area contributed by atoms with Gasteiger partial charge < -0.3 is 9.47 Å². The van der Waals surface area contributed by atoms with Gasteiger partial charge in [0.1, 0.15) is 6.61 Å². The number of ether oxygens (including phenoxy) is 2. The predicted octanol–water partition coefficient (Wildman–Crippen LogP) is 1.15. The Morgan fingerprint density at radius 3 is 2.23 bits per heavy atom. The largest absolute Gasteiger partial charge is 0.461 e. The Morgan fingerprint density at radius 1 is 1.23 bits per heavy atom. The van der Waals surface area contributed by atoms with Crippen LogP contribution in [0.15, 0.2) is 0 Å². The van der Waals surface area contributed by atoms with Gasteiger partial charge in [0.2, 0.25) is 0 Å². The minimum absolute atomic E-state index is 0.00151. The summed E-state index contributed by atoms with van der Waals surface area (Å²) < 4.78 is 9.45. The molecule has 0 saturated heterocycles. The van der Waals surface area contributed by atoms with Gasteiger partial charge in [0, 0.05) is 12.8 Å². The summed E-state index contributed by atoms with van der Waals surface area (Å²) in [7, 11) is 0. The molecule has 0 aromatic heterocycles. The van der Waals surface area contributed by atoms with Crippen LogP contribution in [-0.2, 0) is 19.1 Å². The van der Waals surface area contributed by atoms with E-state index < -0.39 is 5.44 Å². The summed E-state index contributed by atoms with van der Waals surface area (Å²) in [5.74, 6) is -0.681. The molecule has 0 aliphatic heterocycles. The van der Waals surface area contributed by atoms with Crippen LogP contribution < -0.4 is 0 Å². The van der Waals surface area contributed by atoms with Crippen LogP contribution in [0.25, 0.3) is 0 Å². The van der Waals surface area contributed by atoms with Crippen molar-refractivity contribution in [3.8, 4) is 0 Å². The van der Waals surface area contributed by atoms with Gasteiger partial charge in [-0.15, -0.1) is 12.6 Å². The van der Waals surface area contributed by atoms with Gasteiger partial charge in [0.25, 0.3) is 0 Å². The fraction of sp³-hybridized carbons (Fsp3) is 0.750.